The van der Waals surface area contributed by atoms with Gasteiger partial charge in [-0.3, -0.25) is 0 Å². The Balaban J connectivity index is 1.33. The molecule has 1 aliphatic heterocycles. The topological polar surface area (TPSA) is 99.4 Å². The summed E-state index contributed by atoms with van der Waals surface area (Å²) in [6.45, 7) is 5.29. The summed E-state index contributed by atoms with van der Waals surface area (Å²) in [5.41, 5.74) is 4.15. The summed E-state index contributed by atoms with van der Waals surface area (Å²) in [5, 5.41) is 7.97. The van der Waals surface area contributed by atoms with Crippen LogP contribution in [0.25, 0.3) is 11.0 Å². The van der Waals surface area contributed by atoms with Crippen LogP contribution in [0, 0.1) is 0 Å². The van der Waals surface area contributed by atoms with E-state index >= 15 is 0 Å². The third-order valence-electron chi connectivity index (χ3n) is 8.61. The van der Waals surface area contributed by atoms with E-state index in [-0.39, 0.29) is 11.2 Å². The Hall–Kier alpha value is -3.81. The van der Waals surface area contributed by atoms with Crippen molar-refractivity contribution < 1.29 is 28.3 Å². The third kappa shape index (κ3) is 6.03. The van der Waals surface area contributed by atoms with Crippen LogP contribution in [0.4, 0.5) is 4.79 Å². The number of hydrogen-bond donors (Lipinski definition) is 1. The lowest BCUT2D eigenvalue weighted by Crippen LogP contribution is -2.41. The molecule has 1 amide bonds. The van der Waals surface area contributed by atoms with Gasteiger partial charge < -0.3 is 24.0 Å². The first-order valence-electron chi connectivity index (χ1n) is 15.3. The number of hydrogen-bond acceptors (Lipinski definition) is 7. The first-order valence-corrected chi connectivity index (χ1v) is 15.3. The molecule has 2 aliphatic carbocycles. The summed E-state index contributed by atoms with van der Waals surface area (Å²) in [5.74, 6) is 0.156. The predicted octanol–water partition coefficient (Wildman–Crippen LogP) is 6.96. The van der Waals surface area contributed by atoms with Gasteiger partial charge in [0, 0.05) is 17.0 Å². The molecule has 0 saturated heterocycles. The summed E-state index contributed by atoms with van der Waals surface area (Å²) < 4.78 is 18.4. The Morgan fingerprint density at radius 1 is 0.929 bits per heavy atom. The van der Waals surface area contributed by atoms with Crippen molar-refractivity contribution in [2.75, 3.05) is 0 Å². The van der Waals surface area contributed by atoms with Gasteiger partial charge in [-0.1, -0.05) is 36.8 Å². The molecule has 42 heavy (non-hydrogen) atoms. The number of alkyl carbamates (subject to hydrolysis) is 1. The molecule has 222 valence electrons. The molecular weight excluding hydrogens is 532 g/mol. The van der Waals surface area contributed by atoms with Crippen molar-refractivity contribution >= 4 is 23.0 Å². The predicted molar refractivity (Wildman–Crippen MR) is 158 cm³/mol. The fourth-order valence-electron chi connectivity index (χ4n) is 6.58. The molecule has 1 aromatic heterocycles. The van der Waals surface area contributed by atoms with E-state index in [0.717, 1.165) is 68.1 Å². The second-order valence-electron chi connectivity index (χ2n) is 12.9. The second kappa shape index (κ2) is 11.5. The van der Waals surface area contributed by atoms with Crippen LogP contribution in [-0.4, -0.2) is 23.3 Å². The van der Waals surface area contributed by atoms with Crippen molar-refractivity contribution in [2.24, 2.45) is 5.16 Å². The molecule has 1 atom stereocenters. The van der Waals surface area contributed by atoms with Crippen LogP contribution in [-0.2, 0) is 33.6 Å². The minimum atomic E-state index is -1.10. The van der Waals surface area contributed by atoms with Gasteiger partial charge in [0.05, 0.1) is 0 Å². The van der Waals surface area contributed by atoms with E-state index in [1.165, 1.54) is 30.4 Å². The number of amides is 1. The molecule has 1 unspecified atom stereocenters. The zero-order valence-corrected chi connectivity index (χ0v) is 24.8. The van der Waals surface area contributed by atoms with Gasteiger partial charge in [0.1, 0.15) is 22.5 Å². The molecule has 2 heterocycles. The molecule has 3 aliphatic rings. The third-order valence-corrected chi connectivity index (χ3v) is 8.61. The molecule has 2 aromatic carbocycles. The Kier molecular flexibility index (Phi) is 7.73. The number of rotatable bonds is 4. The van der Waals surface area contributed by atoms with Crippen LogP contribution in [0.15, 0.2) is 52.0 Å². The zero-order chi connectivity index (χ0) is 29.3. The van der Waals surface area contributed by atoms with Crippen molar-refractivity contribution in [1.29, 1.82) is 0 Å². The standard InChI is InChI=1S/C34H40N2O6/c1-33(2,3)41-32(38)35-29(22-12-6-4-7-13-22)31(37)42-36-30-25-15-9-8-14-24(25)26-20-23-16-19-34(17-10-5-11-18-34)40-27(23)21-28(26)39-30/h4,6-7,12-13,20-21,29H,5,8-11,14-19H2,1-3H3,(H,35,38)/b36-30+. The number of nitrogens with zero attached hydrogens (tertiary/aromatic N) is 1. The van der Waals surface area contributed by atoms with Crippen molar-refractivity contribution in [3.63, 3.8) is 0 Å². The van der Waals surface area contributed by atoms with E-state index < -0.39 is 23.7 Å². The molecule has 1 saturated carbocycles. The number of ether oxygens (including phenoxy) is 2. The highest BCUT2D eigenvalue weighted by Crippen LogP contribution is 2.43. The average Bonchev–Trinajstić information content (AvgIpc) is 2.97. The van der Waals surface area contributed by atoms with Gasteiger partial charge in [-0.05, 0) is 113 Å². The Morgan fingerprint density at radius 3 is 2.40 bits per heavy atom. The largest absolute Gasteiger partial charge is 0.487 e. The number of nitrogens with one attached hydrogen (secondary N) is 1. The lowest BCUT2D eigenvalue weighted by atomic mass is 9.78. The number of carbonyl (C=O) groups is 2. The van der Waals surface area contributed by atoms with Gasteiger partial charge in [-0.25, -0.2) is 9.59 Å². The monoisotopic (exact) mass is 572 g/mol. The van der Waals surface area contributed by atoms with Gasteiger partial charge in [-0.15, -0.1) is 0 Å². The molecule has 1 fully saturated rings. The molecule has 8 heteroatoms. The van der Waals surface area contributed by atoms with E-state index in [1.807, 2.05) is 12.1 Å². The number of benzene rings is 2. The fraction of sp³-hybridized carbons (Fsp3) is 0.500. The highest BCUT2D eigenvalue weighted by atomic mass is 16.7. The molecular formula is C34H40N2O6. The number of carbonyl (C=O) groups excluding carboxylic acids is 2. The maximum absolute atomic E-state index is 13.4. The van der Waals surface area contributed by atoms with Gasteiger partial charge in [-0.2, -0.15) is 0 Å². The number of fused-ring (bicyclic) bond motifs is 4. The Bertz CT molecular complexity index is 1550. The summed E-state index contributed by atoms with van der Waals surface area (Å²) in [7, 11) is 0. The fourth-order valence-corrected chi connectivity index (χ4v) is 6.58. The Morgan fingerprint density at radius 2 is 1.67 bits per heavy atom. The second-order valence-corrected chi connectivity index (χ2v) is 12.9. The maximum Gasteiger partial charge on any atom is 0.408 e. The van der Waals surface area contributed by atoms with Crippen LogP contribution in [0.5, 0.6) is 5.75 Å². The molecule has 6 rings (SSSR count). The van der Waals surface area contributed by atoms with Crippen molar-refractivity contribution in [3.05, 3.63) is 70.3 Å². The first-order chi connectivity index (χ1) is 20.2. The van der Waals surface area contributed by atoms with E-state index in [2.05, 4.69) is 16.5 Å². The highest BCUT2D eigenvalue weighted by Gasteiger charge is 2.38. The normalized spacial score (nSPS) is 18.9. The molecule has 8 nitrogen and oxygen atoms in total. The summed E-state index contributed by atoms with van der Waals surface area (Å²) in [6, 6.07) is 12.0. The molecule has 0 radical (unpaired) electrons. The van der Waals surface area contributed by atoms with Crippen LogP contribution >= 0.6 is 0 Å². The zero-order valence-electron chi connectivity index (χ0n) is 24.8. The quantitative estimate of drug-likeness (QED) is 0.268. The molecule has 1 N–H and O–H groups in total. The minimum Gasteiger partial charge on any atom is -0.487 e. The van der Waals surface area contributed by atoms with Crippen LogP contribution in [0.1, 0.15) is 100 Å². The minimum absolute atomic E-state index is 0.0660. The van der Waals surface area contributed by atoms with Crippen LogP contribution in [0.2, 0.25) is 0 Å². The van der Waals surface area contributed by atoms with Gasteiger partial charge >= 0.3 is 12.1 Å². The lowest BCUT2D eigenvalue weighted by molar-refractivity contribution is -0.147. The van der Waals surface area contributed by atoms with Gasteiger partial charge in [0.15, 0.2) is 6.04 Å². The van der Waals surface area contributed by atoms with Crippen LogP contribution in [0.3, 0.4) is 0 Å². The summed E-state index contributed by atoms with van der Waals surface area (Å²) in [4.78, 5) is 31.4. The summed E-state index contributed by atoms with van der Waals surface area (Å²) in [6.07, 6.45) is 11.0. The first kappa shape index (κ1) is 28.3. The average molecular weight is 573 g/mol. The van der Waals surface area contributed by atoms with Gasteiger partial charge in [0.25, 0.3) is 5.55 Å². The molecule has 3 aromatic rings. The van der Waals surface area contributed by atoms with Crippen molar-refractivity contribution in [2.45, 2.75) is 109 Å². The van der Waals surface area contributed by atoms with Gasteiger partial charge in [0.2, 0.25) is 0 Å². The van der Waals surface area contributed by atoms with Crippen LogP contribution < -0.4 is 15.6 Å². The molecule has 0 bridgehead atoms. The van der Waals surface area contributed by atoms with E-state index in [4.69, 9.17) is 18.7 Å². The van der Waals surface area contributed by atoms with Crippen molar-refractivity contribution in [3.8, 4) is 5.75 Å². The van der Waals surface area contributed by atoms with E-state index in [0.29, 0.717) is 11.1 Å². The number of aryl methyl sites for hydroxylation is 2. The summed E-state index contributed by atoms with van der Waals surface area (Å²) >= 11 is 0. The lowest BCUT2D eigenvalue weighted by Gasteiger charge is -2.41. The van der Waals surface area contributed by atoms with E-state index in [1.54, 1.807) is 45.0 Å². The SMILES string of the molecule is CC(C)(C)OC(=O)NC(C(=O)O/N=c1/oc2cc3c(cc2c2c1CCCC2)CCC1(CCCCC1)O3)c1ccccc1. The maximum atomic E-state index is 13.4. The van der Waals surface area contributed by atoms with Crippen molar-refractivity contribution in [1.82, 2.24) is 5.32 Å². The Labute approximate surface area is 246 Å². The van der Waals surface area contributed by atoms with E-state index in [9.17, 15) is 9.59 Å². The molecule has 1 spiro atoms. The smallest absolute Gasteiger partial charge is 0.408 e. The highest BCUT2D eigenvalue weighted by molar-refractivity contribution is 5.85.